The molecule has 16 heavy (non-hydrogen) atoms. The first-order valence-corrected chi connectivity index (χ1v) is 6.12. The van der Waals surface area contributed by atoms with Crippen LogP contribution in [-0.4, -0.2) is 5.78 Å². The molecule has 0 heterocycles. The van der Waals surface area contributed by atoms with Gasteiger partial charge in [-0.1, -0.05) is 31.2 Å². The minimum Gasteiger partial charge on any atom is -0.295 e. The highest BCUT2D eigenvalue weighted by Gasteiger charge is 2.14. The summed E-state index contributed by atoms with van der Waals surface area (Å²) in [6.45, 7) is 2.15. The van der Waals surface area contributed by atoms with E-state index in [0.29, 0.717) is 5.78 Å². The number of carbonyl (C=O) groups excluding carboxylic acids is 1. The van der Waals surface area contributed by atoms with Crippen molar-refractivity contribution in [2.45, 2.75) is 39.0 Å². The third kappa shape index (κ3) is 2.60. The zero-order chi connectivity index (χ0) is 11.4. The maximum atomic E-state index is 11.7. The van der Waals surface area contributed by atoms with Gasteiger partial charge in [0.15, 0.2) is 5.78 Å². The Morgan fingerprint density at radius 1 is 1.25 bits per heavy atom. The fraction of sp³-hybridized carbons (Fsp3) is 0.400. The minimum atomic E-state index is 0.341. The SMILES string of the molecule is CCc1cccc(C=C2CCCCC2=O)c1. The van der Waals surface area contributed by atoms with Gasteiger partial charge in [-0.25, -0.2) is 0 Å². The molecule has 1 aromatic carbocycles. The predicted octanol–water partition coefficient (Wildman–Crippen LogP) is 3.78. The summed E-state index contributed by atoms with van der Waals surface area (Å²) in [6, 6.07) is 8.45. The van der Waals surface area contributed by atoms with Gasteiger partial charge in [-0.2, -0.15) is 0 Å². The third-order valence-electron chi connectivity index (χ3n) is 3.16. The molecule has 0 spiro atoms. The highest BCUT2D eigenvalue weighted by Crippen LogP contribution is 2.22. The Morgan fingerprint density at radius 2 is 2.06 bits per heavy atom. The summed E-state index contributed by atoms with van der Waals surface area (Å²) < 4.78 is 0. The summed E-state index contributed by atoms with van der Waals surface area (Å²) in [6.07, 6.45) is 7.02. The van der Waals surface area contributed by atoms with Crippen LogP contribution in [0, 0.1) is 0 Å². The van der Waals surface area contributed by atoms with Gasteiger partial charge >= 0.3 is 0 Å². The first-order chi connectivity index (χ1) is 7.79. The van der Waals surface area contributed by atoms with Crippen molar-refractivity contribution in [1.82, 2.24) is 0 Å². The Bertz CT molecular complexity index is 415. The van der Waals surface area contributed by atoms with Crippen LogP contribution in [0.1, 0.15) is 43.7 Å². The number of carbonyl (C=O) groups is 1. The molecule has 1 heteroatoms. The van der Waals surface area contributed by atoms with E-state index < -0.39 is 0 Å². The molecule has 2 rings (SSSR count). The lowest BCUT2D eigenvalue weighted by Crippen LogP contribution is -2.07. The van der Waals surface area contributed by atoms with Gasteiger partial charge in [0, 0.05) is 6.42 Å². The smallest absolute Gasteiger partial charge is 0.158 e. The molecule has 1 saturated carbocycles. The van der Waals surface area contributed by atoms with Crippen LogP contribution in [-0.2, 0) is 11.2 Å². The van der Waals surface area contributed by atoms with Crippen molar-refractivity contribution in [2.24, 2.45) is 0 Å². The molecular weight excluding hydrogens is 196 g/mol. The molecule has 1 nitrogen and oxygen atoms in total. The second-order valence-corrected chi connectivity index (χ2v) is 4.40. The average Bonchev–Trinajstić information content (AvgIpc) is 2.32. The highest BCUT2D eigenvalue weighted by atomic mass is 16.1. The number of hydrogen-bond acceptors (Lipinski definition) is 1. The molecule has 0 amide bonds. The van der Waals surface area contributed by atoms with Crippen molar-refractivity contribution in [2.75, 3.05) is 0 Å². The number of Topliss-reactive ketones (excluding diaryl/α,β-unsaturated/α-hetero) is 1. The van der Waals surface area contributed by atoms with Crippen molar-refractivity contribution in [3.8, 4) is 0 Å². The Labute approximate surface area is 97.2 Å². The van der Waals surface area contributed by atoms with E-state index in [1.807, 2.05) is 0 Å². The average molecular weight is 214 g/mol. The van der Waals surface area contributed by atoms with E-state index in [4.69, 9.17) is 0 Å². The number of hydrogen-bond donors (Lipinski definition) is 0. The molecule has 1 aliphatic rings. The first-order valence-electron chi connectivity index (χ1n) is 6.12. The van der Waals surface area contributed by atoms with Gasteiger partial charge in [-0.15, -0.1) is 0 Å². The lowest BCUT2D eigenvalue weighted by molar-refractivity contribution is -0.116. The van der Waals surface area contributed by atoms with Crippen LogP contribution in [0.3, 0.4) is 0 Å². The van der Waals surface area contributed by atoms with Crippen LogP contribution in [0.25, 0.3) is 6.08 Å². The molecule has 0 N–H and O–H groups in total. The van der Waals surface area contributed by atoms with Gasteiger partial charge in [-0.3, -0.25) is 4.79 Å². The molecule has 0 aliphatic heterocycles. The minimum absolute atomic E-state index is 0.341. The predicted molar refractivity (Wildman–Crippen MR) is 67.3 cm³/mol. The summed E-state index contributed by atoms with van der Waals surface area (Å²) in [5.74, 6) is 0.341. The van der Waals surface area contributed by atoms with Crippen LogP contribution in [0.4, 0.5) is 0 Å². The van der Waals surface area contributed by atoms with E-state index >= 15 is 0 Å². The topological polar surface area (TPSA) is 17.1 Å². The summed E-state index contributed by atoms with van der Waals surface area (Å²) in [5.41, 5.74) is 3.52. The van der Waals surface area contributed by atoms with Crippen LogP contribution >= 0.6 is 0 Å². The lowest BCUT2D eigenvalue weighted by atomic mass is 9.92. The van der Waals surface area contributed by atoms with Gasteiger partial charge in [-0.05, 0) is 48.5 Å². The zero-order valence-electron chi connectivity index (χ0n) is 9.83. The maximum Gasteiger partial charge on any atom is 0.158 e. The number of allylic oxidation sites excluding steroid dienone is 1. The van der Waals surface area contributed by atoms with Gasteiger partial charge in [0.05, 0.1) is 0 Å². The molecule has 1 fully saturated rings. The normalized spacial score (nSPS) is 19.1. The Balaban J connectivity index is 2.23. The molecule has 0 radical (unpaired) electrons. The first kappa shape index (κ1) is 11.1. The van der Waals surface area contributed by atoms with Crippen LogP contribution in [0.5, 0.6) is 0 Å². The molecule has 1 aliphatic carbocycles. The fourth-order valence-corrected chi connectivity index (χ4v) is 2.16. The molecule has 0 saturated heterocycles. The Morgan fingerprint density at radius 3 is 2.81 bits per heavy atom. The Kier molecular flexibility index (Phi) is 3.55. The number of ketones is 1. The molecule has 1 aromatic rings. The molecule has 0 aromatic heterocycles. The summed E-state index contributed by atoms with van der Waals surface area (Å²) in [4.78, 5) is 11.7. The van der Waals surface area contributed by atoms with Crippen LogP contribution in [0.2, 0.25) is 0 Å². The van der Waals surface area contributed by atoms with Gasteiger partial charge in [0.1, 0.15) is 0 Å². The van der Waals surface area contributed by atoms with E-state index in [1.165, 1.54) is 11.1 Å². The molecule has 0 bridgehead atoms. The van der Waals surface area contributed by atoms with E-state index in [1.54, 1.807) is 0 Å². The molecular formula is C15H18O. The number of benzene rings is 1. The van der Waals surface area contributed by atoms with Crippen LogP contribution in [0.15, 0.2) is 29.8 Å². The Hall–Kier alpha value is -1.37. The maximum absolute atomic E-state index is 11.7. The molecule has 0 unspecified atom stereocenters. The molecule has 84 valence electrons. The number of rotatable bonds is 2. The van der Waals surface area contributed by atoms with Crippen molar-refractivity contribution in [3.63, 3.8) is 0 Å². The van der Waals surface area contributed by atoms with Crippen LogP contribution < -0.4 is 0 Å². The van der Waals surface area contributed by atoms with E-state index in [9.17, 15) is 4.79 Å². The lowest BCUT2D eigenvalue weighted by Gasteiger charge is -2.12. The largest absolute Gasteiger partial charge is 0.295 e. The van der Waals surface area contributed by atoms with Gasteiger partial charge in [0.25, 0.3) is 0 Å². The standard InChI is InChI=1S/C15H18O/c1-2-12-6-5-7-13(10-12)11-14-8-3-4-9-15(14)16/h5-7,10-11H,2-4,8-9H2,1H3. The van der Waals surface area contributed by atoms with Crippen molar-refractivity contribution < 1.29 is 4.79 Å². The van der Waals surface area contributed by atoms with Crippen molar-refractivity contribution in [1.29, 1.82) is 0 Å². The second-order valence-electron chi connectivity index (χ2n) is 4.40. The summed E-state index contributed by atoms with van der Waals surface area (Å²) in [5, 5.41) is 0. The summed E-state index contributed by atoms with van der Waals surface area (Å²) >= 11 is 0. The van der Waals surface area contributed by atoms with Gasteiger partial charge < -0.3 is 0 Å². The summed E-state index contributed by atoms with van der Waals surface area (Å²) in [7, 11) is 0. The van der Waals surface area contributed by atoms with Crippen molar-refractivity contribution in [3.05, 3.63) is 41.0 Å². The number of aryl methyl sites for hydroxylation is 1. The van der Waals surface area contributed by atoms with E-state index in [-0.39, 0.29) is 0 Å². The van der Waals surface area contributed by atoms with E-state index in [0.717, 1.165) is 37.7 Å². The monoisotopic (exact) mass is 214 g/mol. The third-order valence-corrected chi connectivity index (χ3v) is 3.16. The quantitative estimate of drug-likeness (QED) is 0.685. The zero-order valence-corrected chi connectivity index (χ0v) is 9.83. The van der Waals surface area contributed by atoms with Crippen molar-refractivity contribution >= 4 is 11.9 Å². The fourth-order valence-electron chi connectivity index (χ4n) is 2.16. The second kappa shape index (κ2) is 5.11. The highest BCUT2D eigenvalue weighted by molar-refractivity contribution is 6.00. The van der Waals surface area contributed by atoms with Gasteiger partial charge in [0.2, 0.25) is 0 Å². The van der Waals surface area contributed by atoms with E-state index in [2.05, 4.69) is 37.3 Å². The molecule has 0 atom stereocenters.